The maximum atomic E-state index is 12.2. The molecule has 0 amide bonds. The Hall–Kier alpha value is -2.34. The molecule has 4 atom stereocenters. The van der Waals surface area contributed by atoms with E-state index in [1.54, 1.807) is 12.1 Å². The van der Waals surface area contributed by atoms with Gasteiger partial charge in [0.1, 0.15) is 6.61 Å². The first-order chi connectivity index (χ1) is 14.3. The molecule has 0 bridgehead atoms. The number of para-hydroxylation sites is 1. The molecule has 1 aromatic carbocycles. The highest BCUT2D eigenvalue weighted by molar-refractivity contribution is 8.00. The summed E-state index contributed by atoms with van der Waals surface area (Å²) in [5, 5.41) is 11.2. The number of rotatable bonds is 6. The molecular weight excluding hydrogens is 427 g/mol. The van der Waals surface area contributed by atoms with Gasteiger partial charge in [0.25, 0.3) is 5.56 Å². The van der Waals surface area contributed by atoms with E-state index in [1.165, 1.54) is 12.3 Å². The monoisotopic (exact) mass is 449 g/mol. The number of H-pyrrole nitrogens is 1. The highest BCUT2D eigenvalue weighted by Gasteiger charge is 2.49. The van der Waals surface area contributed by atoms with E-state index in [9.17, 15) is 14.7 Å². The third-order valence-corrected chi connectivity index (χ3v) is 5.50. The Morgan fingerprint density at radius 2 is 2.10 bits per heavy atom. The lowest BCUT2D eigenvalue weighted by Gasteiger charge is -2.24. The van der Waals surface area contributed by atoms with Crippen molar-refractivity contribution in [2.45, 2.75) is 38.2 Å². The summed E-state index contributed by atoms with van der Waals surface area (Å²) in [5.41, 5.74) is -2.87. The molecule has 0 aliphatic carbocycles. The maximum Gasteiger partial charge on any atom is 0.573 e. The molecule has 2 heterocycles. The molecule has 3 rings (SSSR count). The number of nitrogens with one attached hydrogen (secondary N) is 1. The molecule has 2 N–H and O–H groups in total. The zero-order chi connectivity index (χ0) is 21.7. The number of hydrogen-bond donors (Lipinski definition) is 2. The predicted octanol–water partition coefficient (Wildman–Crippen LogP) is 2.08. The van der Waals surface area contributed by atoms with Crippen LogP contribution in [0.15, 0.2) is 52.2 Å². The summed E-state index contributed by atoms with van der Waals surface area (Å²) >= 11 is 5.23. The fourth-order valence-corrected chi connectivity index (χ4v) is 3.99. The lowest BCUT2D eigenvalue weighted by molar-refractivity contribution is -0.0720. The van der Waals surface area contributed by atoms with E-state index >= 15 is 0 Å². The molecule has 0 saturated carbocycles. The first-order valence-corrected chi connectivity index (χ1v) is 11.5. The lowest BCUT2D eigenvalue weighted by atomic mass is 9.97. The van der Waals surface area contributed by atoms with Crippen LogP contribution in [-0.4, -0.2) is 33.0 Å². The molecule has 0 spiro atoms. The van der Waals surface area contributed by atoms with E-state index in [1.807, 2.05) is 32.0 Å². The Morgan fingerprint density at radius 1 is 1.37 bits per heavy atom. The van der Waals surface area contributed by atoms with Crippen LogP contribution < -0.4 is 15.8 Å². The SMILES string of the molecule is CC(C)C#CC1(O)CC(CO[P+](=S)Oc2ccccc2)OC1n1ccc(=O)[nH]c1=O. The second-order valence-electron chi connectivity index (χ2n) is 7.10. The molecule has 158 valence electrons. The fourth-order valence-electron chi connectivity index (χ4n) is 2.92. The zero-order valence-electron chi connectivity index (χ0n) is 16.5. The van der Waals surface area contributed by atoms with Gasteiger partial charge in [0.05, 0.1) is 6.10 Å². The van der Waals surface area contributed by atoms with E-state index in [-0.39, 0.29) is 18.9 Å². The molecule has 4 unspecified atom stereocenters. The summed E-state index contributed by atoms with van der Waals surface area (Å²) < 4.78 is 18.2. The normalized spacial score (nSPS) is 23.7. The van der Waals surface area contributed by atoms with Crippen LogP contribution in [0.2, 0.25) is 0 Å². The third-order valence-electron chi connectivity index (χ3n) is 4.24. The van der Waals surface area contributed by atoms with E-state index in [4.69, 9.17) is 25.6 Å². The molecule has 2 aromatic rings. The molecule has 1 fully saturated rings. The van der Waals surface area contributed by atoms with E-state index in [0.717, 1.165) is 4.57 Å². The second-order valence-corrected chi connectivity index (χ2v) is 8.89. The largest absolute Gasteiger partial charge is 0.573 e. The van der Waals surface area contributed by atoms with Crippen molar-refractivity contribution in [2.24, 2.45) is 5.92 Å². The molecule has 1 aliphatic heterocycles. The van der Waals surface area contributed by atoms with Gasteiger partial charge in [0, 0.05) is 24.6 Å². The van der Waals surface area contributed by atoms with Gasteiger partial charge < -0.3 is 9.84 Å². The van der Waals surface area contributed by atoms with Crippen LogP contribution in [0.4, 0.5) is 0 Å². The van der Waals surface area contributed by atoms with Gasteiger partial charge >= 0.3 is 12.8 Å². The van der Waals surface area contributed by atoms with E-state index in [0.29, 0.717) is 5.75 Å². The summed E-state index contributed by atoms with van der Waals surface area (Å²) in [6.07, 6.45) is -0.303. The van der Waals surface area contributed by atoms with Crippen LogP contribution in [-0.2, 0) is 21.1 Å². The van der Waals surface area contributed by atoms with Gasteiger partial charge in [-0.05, 0) is 12.1 Å². The van der Waals surface area contributed by atoms with Gasteiger partial charge in [-0.1, -0.05) is 43.9 Å². The summed E-state index contributed by atoms with van der Waals surface area (Å²) in [4.78, 5) is 25.8. The summed E-state index contributed by atoms with van der Waals surface area (Å²) in [6, 6.07) is 10.2. The highest BCUT2D eigenvalue weighted by atomic mass is 32.4. The van der Waals surface area contributed by atoms with Crippen molar-refractivity contribution in [1.29, 1.82) is 0 Å². The van der Waals surface area contributed by atoms with Gasteiger partial charge in [0.15, 0.2) is 17.6 Å². The summed E-state index contributed by atoms with van der Waals surface area (Å²) in [7, 11) is -1.63. The van der Waals surface area contributed by atoms with Crippen molar-refractivity contribution in [3.63, 3.8) is 0 Å². The fraction of sp³-hybridized carbons (Fsp3) is 0.400. The summed E-state index contributed by atoms with van der Waals surface area (Å²) in [5.74, 6) is 6.36. The van der Waals surface area contributed by atoms with Crippen LogP contribution in [0.5, 0.6) is 5.75 Å². The minimum Gasteiger partial charge on any atom is -0.373 e. The molecule has 10 heteroatoms. The smallest absolute Gasteiger partial charge is 0.373 e. The lowest BCUT2D eigenvalue weighted by Crippen LogP contribution is -2.41. The zero-order valence-corrected chi connectivity index (χ0v) is 18.2. The highest BCUT2D eigenvalue weighted by Crippen LogP contribution is 2.38. The van der Waals surface area contributed by atoms with Crippen molar-refractivity contribution in [3.05, 3.63) is 63.4 Å². The first kappa shape index (κ1) is 22.3. The summed E-state index contributed by atoms with van der Waals surface area (Å²) in [6.45, 7) is 3.83. The molecule has 1 aromatic heterocycles. The quantitative estimate of drug-likeness (QED) is 0.514. The average molecular weight is 449 g/mol. The number of nitrogens with zero attached hydrogens (tertiary/aromatic N) is 1. The van der Waals surface area contributed by atoms with E-state index in [2.05, 4.69) is 16.8 Å². The number of ether oxygens (including phenoxy) is 1. The van der Waals surface area contributed by atoms with Gasteiger partial charge in [-0.2, -0.15) is 0 Å². The van der Waals surface area contributed by atoms with Crippen molar-refractivity contribution in [1.82, 2.24) is 9.55 Å². The van der Waals surface area contributed by atoms with Crippen LogP contribution in [0.1, 0.15) is 26.5 Å². The second kappa shape index (κ2) is 9.65. The van der Waals surface area contributed by atoms with Gasteiger partial charge in [-0.25, -0.2) is 4.79 Å². The Bertz CT molecular complexity index is 1070. The third kappa shape index (κ3) is 5.63. The topological polar surface area (TPSA) is 103 Å². The Balaban J connectivity index is 1.74. The Kier molecular flexibility index (Phi) is 7.19. The number of aromatic amines is 1. The average Bonchev–Trinajstić information content (AvgIpc) is 3.02. The van der Waals surface area contributed by atoms with Crippen molar-refractivity contribution in [3.8, 4) is 17.6 Å². The van der Waals surface area contributed by atoms with Crippen molar-refractivity contribution in [2.75, 3.05) is 6.61 Å². The molecule has 0 radical (unpaired) electrons. The van der Waals surface area contributed by atoms with Crippen molar-refractivity contribution < 1.29 is 18.9 Å². The molecule has 1 saturated heterocycles. The standard InChI is InChI=1S/C20H21N2O6PS/c1-14(2)8-10-20(25)12-16(13-26-29(30)28-15-6-4-3-5-7-15)27-18(20)22-11-9-17(23)21-19(22)24/h3-7,9,11,14,16,18,25H,12-13H2,1-2H3/p+1. The number of hydrogen-bond acceptors (Lipinski definition) is 7. The number of aromatic nitrogens is 2. The van der Waals surface area contributed by atoms with E-state index < -0.39 is 36.3 Å². The Morgan fingerprint density at radius 3 is 2.77 bits per heavy atom. The molecule has 30 heavy (non-hydrogen) atoms. The van der Waals surface area contributed by atoms with Gasteiger partial charge in [-0.3, -0.25) is 18.9 Å². The maximum absolute atomic E-state index is 12.2. The van der Waals surface area contributed by atoms with Crippen molar-refractivity contribution >= 4 is 19.0 Å². The molecule has 1 aliphatic rings. The number of aliphatic hydroxyl groups is 1. The molecular formula is C20H22N2O6PS+. The number of benzene rings is 1. The van der Waals surface area contributed by atoms with Crippen LogP contribution >= 0.6 is 7.15 Å². The van der Waals surface area contributed by atoms with Crippen LogP contribution in [0, 0.1) is 17.8 Å². The first-order valence-electron chi connectivity index (χ1n) is 9.32. The minimum atomic E-state index is -1.63. The van der Waals surface area contributed by atoms with Crippen LogP contribution in [0.3, 0.4) is 0 Å². The Labute approximate surface area is 179 Å². The van der Waals surface area contributed by atoms with Gasteiger partial charge in [-0.15, -0.1) is 4.52 Å². The minimum absolute atomic E-state index is 0.0111. The molecule has 8 nitrogen and oxygen atoms in total. The van der Waals surface area contributed by atoms with Gasteiger partial charge in [0.2, 0.25) is 11.8 Å². The predicted molar refractivity (Wildman–Crippen MR) is 115 cm³/mol. The van der Waals surface area contributed by atoms with Crippen LogP contribution in [0.25, 0.3) is 0 Å².